The van der Waals surface area contributed by atoms with Crippen LogP contribution in [0.4, 0.5) is 0 Å². The number of fused-ring (bicyclic) bond motifs is 1. The van der Waals surface area contributed by atoms with Crippen molar-refractivity contribution in [2.24, 2.45) is 0 Å². The number of likely N-dealkylation sites (tertiary alicyclic amines) is 1. The highest BCUT2D eigenvalue weighted by Gasteiger charge is 2.41. The number of aromatic amines is 1. The van der Waals surface area contributed by atoms with Crippen LogP contribution in [0.25, 0.3) is 10.2 Å². The van der Waals surface area contributed by atoms with E-state index in [-0.39, 0.29) is 22.1 Å². The van der Waals surface area contributed by atoms with Gasteiger partial charge in [0, 0.05) is 54.6 Å². The van der Waals surface area contributed by atoms with Gasteiger partial charge >= 0.3 is 4.87 Å². The molecule has 1 atom stereocenters. The van der Waals surface area contributed by atoms with Gasteiger partial charge in [-0.2, -0.15) is 0 Å². The molecule has 6 rings (SSSR count). The van der Waals surface area contributed by atoms with Gasteiger partial charge in [-0.3, -0.25) is 14.5 Å². The molecule has 2 aromatic carbocycles. The summed E-state index contributed by atoms with van der Waals surface area (Å²) in [5.74, 6) is 0.295. The van der Waals surface area contributed by atoms with Crippen molar-refractivity contribution in [2.75, 3.05) is 45.9 Å². The maximum atomic E-state index is 13.2. The van der Waals surface area contributed by atoms with E-state index in [0.29, 0.717) is 66.6 Å². The summed E-state index contributed by atoms with van der Waals surface area (Å²) >= 11 is 9.42. The second kappa shape index (κ2) is 14.1. The first-order valence-corrected chi connectivity index (χ1v) is 17.8. The minimum atomic E-state index is -0.831. The maximum Gasteiger partial charge on any atom is 0.305 e. The van der Waals surface area contributed by atoms with Gasteiger partial charge in [-0.25, -0.2) is 4.98 Å². The van der Waals surface area contributed by atoms with Crippen LogP contribution in [0.15, 0.2) is 40.5 Å². The van der Waals surface area contributed by atoms with Crippen molar-refractivity contribution < 1.29 is 19.7 Å². The number of phenolic OH excluding ortho intramolecular Hbond substituents is 1. The second-order valence-corrected chi connectivity index (χ2v) is 14.8. The van der Waals surface area contributed by atoms with Crippen LogP contribution in [0.5, 0.6) is 5.75 Å². The molecule has 2 aliphatic heterocycles. The summed E-state index contributed by atoms with van der Waals surface area (Å²) in [5, 5.41) is 27.7. The Kier molecular flexibility index (Phi) is 10.1. The highest BCUT2D eigenvalue weighted by Crippen LogP contribution is 2.34. The Labute approximate surface area is 281 Å². The number of phenols is 1. The number of nitrogens with one attached hydrogen (secondary N) is 2. The van der Waals surface area contributed by atoms with E-state index in [1.807, 2.05) is 22.4 Å². The number of H-pyrrole nitrogens is 1. The maximum absolute atomic E-state index is 13.2. The third-order valence-corrected chi connectivity index (χ3v) is 11.5. The van der Waals surface area contributed by atoms with Crippen LogP contribution in [0.3, 0.4) is 0 Å². The number of rotatable bonds is 10. The number of halogens is 1. The zero-order valence-electron chi connectivity index (χ0n) is 26.1. The lowest BCUT2D eigenvalue weighted by Crippen LogP contribution is -2.58. The van der Waals surface area contributed by atoms with Gasteiger partial charge in [-0.1, -0.05) is 61.1 Å². The highest BCUT2D eigenvalue weighted by atomic mass is 35.5. The molecule has 46 heavy (non-hydrogen) atoms. The summed E-state index contributed by atoms with van der Waals surface area (Å²) in [6.07, 6.45) is 1.56. The summed E-state index contributed by atoms with van der Waals surface area (Å²) in [6.45, 7) is 9.27. The molecule has 0 aliphatic carbocycles. The van der Waals surface area contributed by atoms with Crippen LogP contribution in [-0.4, -0.2) is 87.4 Å². The zero-order chi connectivity index (χ0) is 32.4. The Morgan fingerprint density at radius 1 is 1.20 bits per heavy atom. The van der Waals surface area contributed by atoms with E-state index in [9.17, 15) is 19.8 Å². The van der Waals surface area contributed by atoms with Gasteiger partial charge in [-0.05, 0) is 43.0 Å². The number of benzene rings is 2. The average Bonchev–Trinajstić information content (AvgIpc) is 3.70. The Balaban J connectivity index is 0.992. The Hall–Kier alpha value is -2.84. The first kappa shape index (κ1) is 33.1. The molecule has 13 heteroatoms. The molecule has 0 radical (unpaired) electrons. The first-order valence-electron chi connectivity index (χ1n) is 15.7. The number of hydrogen-bond donors (Lipinski definition) is 4. The van der Waals surface area contributed by atoms with Gasteiger partial charge in [0.25, 0.3) is 5.91 Å². The quantitative estimate of drug-likeness (QED) is 0.174. The smallest absolute Gasteiger partial charge is 0.305 e. The summed E-state index contributed by atoms with van der Waals surface area (Å²) in [6, 6.07) is 9.28. The highest BCUT2D eigenvalue weighted by molar-refractivity contribution is 7.16. The number of piperidine rings is 1. The Morgan fingerprint density at radius 2 is 1.98 bits per heavy atom. The summed E-state index contributed by atoms with van der Waals surface area (Å²) in [5.41, 5.74) is 3.29. The topological polar surface area (TPSA) is 131 Å². The van der Waals surface area contributed by atoms with Crippen LogP contribution in [0.2, 0.25) is 5.02 Å². The predicted molar refractivity (Wildman–Crippen MR) is 182 cm³/mol. The molecule has 0 bridgehead atoms. The number of carbonyl (C=O) groups is 1. The molecule has 4 N–H and O–H groups in total. The first-order chi connectivity index (χ1) is 22.1. The molecule has 246 valence electrons. The SMILES string of the molecule is CC(C)c1nc(C(=O)N2CCOC3(CCN(Cc4cccc(CCNC[C@H](O)c5ccc(O)c6[nH]c(=O)sc56)c4Cl)CC3)C2)cs1. The lowest BCUT2D eigenvalue weighted by molar-refractivity contribution is -0.128. The van der Waals surface area contributed by atoms with Crippen molar-refractivity contribution in [2.45, 2.75) is 57.3 Å². The van der Waals surface area contributed by atoms with Crippen LogP contribution in [-0.2, 0) is 17.7 Å². The Bertz CT molecular complexity index is 1750. The van der Waals surface area contributed by atoms with Crippen molar-refractivity contribution >= 4 is 50.4 Å². The van der Waals surface area contributed by atoms with Crippen molar-refractivity contribution in [3.63, 3.8) is 0 Å². The Morgan fingerprint density at radius 3 is 2.74 bits per heavy atom. The number of ether oxygens (including phenoxy) is 1. The molecular weight excluding hydrogens is 646 g/mol. The average molecular weight is 686 g/mol. The van der Waals surface area contributed by atoms with E-state index in [2.05, 4.69) is 40.1 Å². The molecule has 2 fully saturated rings. The van der Waals surface area contributed by atoms with Crippen LogP contribution >= 0.6 is 34.3 Å². The second-order valence-electron chi connectivity index (χ2n) is 12.5. The number of hydrogen-bond acceptors (Lipinski definition) is 10. The van der Waals surface area contributed by atoms with Crippen molar-refractivity contribution in [1.82, 2.24) is 25.1 Å². The predicted octanol–water partition coefficient (Wildman–Crippen LogP) is 4.90. The minimum Gasteiger partial charge on any atom is -0.506 e. The normalized spacial score (nSPS) is 17.7. The van der Waals surface area contributed by atoms with Gasteiger partial charge in [-0.15, -0.1) is 11.3 Å². The van der Waals surface area contributed by atoms with E-state index in [1.165, 1.54) is 6.07 Å². The minimum absolute atomic E-state index is 0.00231. The third-order valence-electron chi connectivity index (χ3n) is 8.95. The van der Waals surface area contributed by atoms with Crippen molar-refractivity contribution in [3.8, 4) is 5.75 Å². The summed E-state index contributed by atoms with van der Waals surface area (Å²) in [7, 11) is 0. The zero-order valence-corrected chi connectivity index (χ0v) is 28.4. The summed E-state index contributed by atoms with van der Waals surface area (Å²) < 4.78 is 6.88. The molecule has 10 nitrogen and oxygen atoms in total. The lowest BCUT2D eigenvalue weighted by Gasteiger charge is -2.47. The van der Waals surface area contributed by atoms with E-state index >= 15 is 0 Å². The molecule has 4 aromatic rings. The van der Waals surface area contributed by atoms with Crippen LogP contribution in [0.1, 0.15) is 70.9 Å². The fourth-order valence-corrected chi connectivity index (χ4v) is 8.32. The number of aromatic nitrogens is 2. The molecule has 2 aliphatic rings. The van der Waals surface area contributed by atoms with Crippen LogP contribution < -0.4 is 10.2 Å². The van der Waals surface area contributed by atoms with Gasteiger partial charge in [0.2, 0.25) is 0 Å². The van der Waals surface area contributed by atoms with Gasteiger partial charge in [0.05, 0.1) is 34.6 Å². The van der Waals surface area contributed by atoms with E-state index < -0.39 is 6.10 Å². The molecule has 2 saturated heterocycles. The van der Waals surface area contributed by atoms with E-state index in [4.69, 9.17) is 16.3 Å². The number of amides is 1. The largest absolute Gasteiger partial charge is 0.506 e. The number of aliphatic hydroxyl groups is 1. The van der Waals surface area contributed by atoms with Gasteiger partial charge < -0.3 is 30.2 Å². The van der Waals surface area contributed by atoms with Crippen LogP contribution in [0, 0.1) is 0 Å². The molecule has 0 unspecified atom stereocenters. The van der Waals surface area contributed by atoms with E-state index in [0.717, 1.165) is 65.0 Å². The molecule has 0 saturated carbocycles. The molecule has 2 aromatic heterocycles. The fraction of sp³-hybridized carbons (Fsp3) is 0.485. The fourth-order valence-electron chi connectivity index (χ4n) is 6.32. The molecule has 1 spiro atoms. The van der Waals surface area contributed by atoms with Crippen molar-refractivity contribution in [1.29, 1.82) is 0 Å². The summed E-state index contributed by atoms with van der Waals surface area (Å²) in [4.78, 5) is 36.3. The van der Waals surface area contributed by atoms with Gasteiger partial charge in [0.1, 0.15) is 17.0 Å². The number of carbonyl (C=O) groups excluding carboxylic acids is 1. The molecular formula is C33H40ClN5O5S2. The monoisotopic (exact) mass is 685 g/mol. The standard InChI is InChI=1S/C33H40ClN5O5S2/c1-20(2)30-36-24(18-45-30)31(42)39-14-15-44-33(19-39)9-12-38(13-10-33)17-22-5-3-4-21(27(22)34)8-11-35-16-26(41)23-6-7-25(40)28-29(23)46-32(43)37-28/h3-7,18,20,26,35,40-41H,8-17,19H2,1-2H3,(H,37,43)/t26-/m0/s1. The number of nitrogens with zero attached hydrogens (tertiary/aromatic N) is 3. The third kappa shape index (κ3) is 7.18. The number of thiazole rings is 2. The van der Waals surface area contributed by atoms with Gasteiger partial charge in [0.15, 0.2) is 0 Å². The van der Waals surface area contributed by atoms with Crippen molar-refractivity contribution in [3.05, 3.63) is 77.8 Å². The number of aromatic hydroxyl groups is 1. The number of morpholine rings is 1. The molecule has 1 amide bonds. The molecule has 4 heterocycles. The number of aliphatic hydroxyl groups excluding tert-OH is 1. The van der Waals surface area contributed by atoms with E-state index in [1.54, 1.807) is 17.4 Å². The lowest BCUT2D eigenvalue weighted by atomic mass is 9.89.